The highest BCUT2D eigenvalue weighted by Crippen LogP contribution is 2.15. The summed E-state index contributed by atoms with van der Waals surface area (Å²) in [6.07, 6.45) is 1.68. The third-order valence-electron chi connectivity index (χ3n) is 2.32. The number of aromatic nitrogens is 4. The van der Waals surface area contributed by atoms with Gasteiger partial charge in [-0.15, -0.1) is 0 Å². The molecule has 0 aliphatic carbocycles. The Kier molecular flexibility index (Phi) is 2.34. The molecule has 0 aliphatic heterocycles. The first kappa shape index (κ1) is 10.5. The highest BCUT2D eigenvalue weighted by Gasteiger charge is 2.19. The van der Waals surface area contributed by atoms with E-state index in [4.69, 9.17) is 0 Å². The molecule has 0 bridgehead atoms. The molecule has 6 nitrogen and oxygen atoms in total. The molecule has 0 saturated carbocycles. The minimum Gasteiger partial charge on any atom is -0.343 e. The van der Waals surface area contributed by atoms with Crippen molar-refractivity contribution in [3.05, 3.63) is 17.7 Å². The van der Waals surface area contributed by atoms with E-state index in [9.17, 15) is 4.79 Å². The Morgan fingerprint density at radius 2 is 2.12 bits per heavy atom. The number of fused-ring (bicyclic) bond motifs is 1. The zero-order valence-corrected chi connectivity index (χ0v) is 9.72. The molecule has 0 aliphatic rings. The van der Waals surface area contributed by atoms with Gasteiger partial charge in [-0.05, 0) is 6.92 Å². The smallest absolute Gasteiger partial charge is 0.276 e. The second-order valence-corrected chi connectivity index (χ2v) is 3.82. The summed E-state index contributed by atoms with van der Waals surface area (Å²) in [5.41, 5.74) is 1.73. The number of aryl methyl sites for hydroxylation is 2. The SMILES string of the molecule is Cc1ncc2c(n1)c(C(=O)N(C)C)nn2C. The van der Waals surface area contributed by atoms with Crippen LogP contribution in [0.2, 0.25) is 0 Å². The van der Waals surface area contributed by atoms with E-state index in [1.807, 2.05) is 0 Å². The van der Waals surface area contributed by atoms with Crippen LogP contribution >= 0.6 is 0 Å². The Balaban J connectivity index is 2.71. The van der Waals surface area contributed by atoms with E-state index < -0.39 is 0 Å². The van der Waals surface area contributed by atoms with Gasteiger partial charge in [0, 0.05) is 21.1 Å². The molecule has 16 heavy (non-hydrogen) atoms. The molecule has 2 aromatic rings. The van der Waals surface area contributed by atoms with Crippen LogP contribution in [0.15, 0.2) is 6.20 Å². The summed E-state index contributed by atoms with van der Waals surface area (Å²) in [6, 6.07) is 0. The summed E-state index contributed by atoms with van der Waals surface area (Å²) >= 11 is 0. The number of carbonyl (C=O) groups excluding carboxylic acids is 1. The van der Waals surface area contributed by atoms with Crippen molar-refractivity contribution < 1.29 is 4.79 Å². The van der Waals surface area contributed by atoms with Crippen LogP contribution in [0.5, 0.6) is 0 Å². The summed E-state index contributed by atoms with van der Waals surface area (Å²) in [4.78, 5) is 21.7. The largest absolute Gasteiger partial charge is 0.343 e. The van der Waals surface area contributed by atoms with Gasteiger partial charge in [-0.2, -0.15) is 5.10 Å². The van der Waals surface area contributed by atoms with Gasteiger partial charge in [0.1, 0.15) is 16.9 Å². The fourth-order valence-electron chi connectivity index (χ4n) is 1.48. The normalized spacial score (nSPS) is 10.8. The summed E-state index contributed by atoms with van der Waals surface area (Å²) in [6.45, 7) is 1.79. The van der Waals surface area contributed by atoms with Crippen LogP contribution in [0.25, 0.3) is 11.0 Å². The standard InChI is InChI=1S/C10H13N5O/c1-6-11-5-7-8(12-6)9(13-15(7)4)10(16)14(2)3/h5H,1-4H3. The number of rotatable bonds is 1. The topological polar surface area (TPSA) is 63.9 Å². The minimum absolute atomic E-state index is 0.149. The van der Waals surface area contributed by atoms with Crippen LogP contribution in [0.4, 0.5) is 0 Å². The summed E-state index contributed by atoms with van der Waals surface area (Å²) < 4.78 is 1.62. The second-order valence-electron chi connectivity index (χ2n) is 3.82. The van der Waals surface area contributed by atoms with Gasteiger partial charge in [0.05, 0.1) is 6.20 Å². The van der Waals surface area contributed by atoms with Crippen molar-refractivity contribution in [2.45, 2.75) is 6.92 Å². The van der Waals surface area contributed by atoms with E-state index in [2.05, 4.69) is 15.1 Å². The Morgan fingerprint density at radius 1 is 1.44 bits per heavy atom. The van der Waals surface area contributed by atoms with Crippen molar-refractivity contribution in [2.24, 2.45) is 7.05 Å². The molecule has 0 saturated heterocycles. The predicted octanol–water partition coefficient (Wildman–Crippen LogP) is 0.374. The molecule has 84 valence electrons. The van der Waals surface area contributed by atoms with E-state index in [1.54, 1.807) is 38.9 Å². The van der Waals surface area contributed by atoms with Crippen molar-refractivity contribution >= 4 is 16.9 Å². The van der Waals surface area contributed by atoms with Crippen LogP contribution in [0.1, 0.15) is 16.3 Å². The lowest BCUT2D eigenvalue weighted by molar-refractivity contribution is 0.0823. The van der Waals surface area contributed by atoms with Gasteiger partial charge >= 0.3 is 0 Å². The maximum atomic E-state index is 11.9. The average molecular weight is 219 g/mol. The van der Waals surface area contributed by atoms with E-state index in [-0.39, 0.29) is 5.91 Å². The van der Waals surface area contributed by atoms with E-state index in [1.165, 1.54) is 4.90 Å². The van der Waals surface area contributed by atoms with Gasteiger partial charge in [-0.25, -0.2) is 9.97 Å². The fourth-order valence-corrected chi connectivity index (χ4v) is 1.48. The molecule has 2 heterocycles. The summed E-state index contributed by atoms with van der Waals surface area (Å²) in [5, 5.41) is 4.18. The third-order valence-corrected chi connectivity index (χ3v) is 2.32. The first-order valence-electron chi connectivity index (χ1n) is 4.88. The van der Waals surface area contributed by atoms with Crippen LogP contribution in [0, 0.1) is 6.92 Å². The van der Waals surface area contributed by atoms with E-state index >= 15 is 0 Å². The molecule has 0 radical (unpaired) electrons. The van der Waals surface area contributed by atoms with E-state index in [0.717, 1.165) is 5.52 Å². The maximum Gasteiger partial charge on any atom is 0.276 e. The quantitative estimate of drug-likeness (QED) is 0.695. The predicted molar refractivity (Wildman–Crippen MR) is 59.1 cm³/mol. The molecular formula is C10H13N5O. The average Bonchev–Trinajstić information content (AvgIpc) is 2.54. The van der Waals surface area contributed by atoms with Crippen molar-refractivity contribution in [3.63, 3.8) is 0 Å². The number of hydrogen-bond donors (Lipinski definition) is 0. The van der Waals surface area contributed by atoms with Crippen molar-refractivity contribution in [1.82, 2.24) is 24.6 Å². The van der Waals surface area contributed by atoms with Crippen molar-refractivity contribution in [1.29, 1.82) is 0 Å². The zero-order valence-electron chi connectivity index (χ0n) is 9.72. The fraction of sp³-hybridized carbons (Fsp3) is 0.400. The number of carbonyl (C=O) groups is 1. The molecule has 2 rings (SSSR count). The molecule has 6 heteroatoms. The molecule has 0 aromatic carbocycles. The Morgan fingerprint density at radius 3 is 2.75 bits per heavy atom. The van der Waals surface area contributed by atoms with Gasteiger partial charge in [0.15, 0.2) is 5.69 Å². The zero-order chi connectivity index (χ0) is 11.9. The summed E-state index contributed by atoms with van der Waals surface area (Å²) in [7, 11) is 5.15. The molecule has 1 amide bonds. The lowest BCUT2D eigenvalue weighted by atomic mass is 10.3. The number of amides is 1. The number of nitrogens with zero attached hydrogens (tertiary/aromatic N) is 5. The molecule has 0 fully saturated rings. The molecule has 0 atom stereocenters. The van der Waals surface area contributed by atoms with Crippen LogP contribution in [-0.4, -0.2) is 44.7 Å². The molecule has 2 aromatic heterocycles. The second kappa shape index (κ2) is 3.55. The van der Waals surface area contributed by atoms with E-state index in [0.29, 0.717) is 17.0 Å². The van der Waals surface area contributed by atoms with Crippen LogP contribution < -0.4 is 0 Å². The first-order valence-corrected chi connectivity index (χ1v) is 4.88. The van der Waals surface area contributed by atoms with Gasteiger partial charge in [0.2, 0.25) is 0 Å². The maximum absolute atomic E-state index is 11.9. The van der Waals surface area contributed by atoms with Gasteiger partial charge in [-0.3, -0.25) is 9.48 Å². The molecule has 0 unspecified atom stereocenters. The Bertz CT molecular complexity index is 558. The molecule has 0 spiro atoms. The summed E-state index contributed by atoms with van der Waals surface area (Å²) in [5.74, 6) is 0.483. The highest BCUT2D eigenvalue weighted by atomic mass is 16.2. The van der Waals surface area contributed by atoms with Crippen molar-refractivity contribution in [2.75, 3.05) is 14.1 Å². The third kappa shape index (κ3) is 1.52. The van der Waals surface area contributed by atoms with Gasteiger partial charge in [-0.1, -0.05) is 0 Å². The molecule has 0 N–H and O–H groups in total. The van der Waals surface area contributed by atoms with Crippen LogP contribution in [-0.2, 0) is 7.05 Å². The highest BCUT2D eigenvalue weighted by molar-refractivity contribution is 6.02. The number of hydrogen-bond acceptors (Lipinski definition) is 4. The van der Waals surface area contributed by atoms with Gasteiger partial charge in [0.25, 0.3) is 5.91 Å². The molecular weight excluding hydrogens is 206 g/mol. The monoisotopic (exact) mass is 219 g/mol. The first-order chi connectivity index (χ1) is 7.50. The van der Waals surface area contributed by atoms with Crippen molar-refractivity contribution in [3.8, 4) is 0 Å². The lowest BCUT2D eigenvalue weighted by Crippen LogP contribution is -2.22. The van der Waals surface area contributed by atoms with Gasteiger partial charge < -0.3 is 4.90 Å². The minimum atomic E-state index is -0.149. The Labute approximate surface area is 92.9 Å². The Hall–Kier alpha value is -1.98. The van der Waals surface area contributed by atoms with Crippen LogP contribution in [0.3, 0.4) is 0 Å². The lowest BCUT2D eigenvalue weighted by Gasteiger charge is -2.07.